The molecule has 0 aromatic carbocycles. The number of guanidine groups is 1. The summed E-state index contributed by atoms with van der Waals surface area (Å²) >= 11 is 0. The lowest BCUT2D eigenvalue weighted by Gasteiger charge is -2.18. The molecule has 2 N–H and O–H groups in total. The standard InChI is InChI=1S/C17H31N3O3S.HI/c1-5-18-16(20-10-13-24(21)17(2,3)4)19-9-7-11-22-14-15-8-6-12-23-15;/h6,8,12H,5,7,9-11,13-14H2,1-4H3,(H2,18,19,20);1H. The molecule has 1 aromatic rings. The molecule has 1 atom stereocenters. The van der Waals surface area contributed by atoms with E-state index >= 15 is 0 Å². The normalized spacial score (nSPS) is 13.2. The third kappa shape index (κ3) is 11.6. The van der Waals surface area contributed by atoms with Gasteiger partial charge in [-0.25, -0.2) is 0 Å². The monoisotopic (exact) mass is 485 g/mol. The van der Waals surface area contributed by atoms with Crippen molar-refractivity contribution >= 4 is 40.7 Å². The molecule has 0 amide bonds. The van der Waals surface area contributed by atoms with Crippen molar-refractivity contribution in [1.82, 2.24) is 10.6 Å². The summed E-state index contributed by atoms with van der Waals surface area (Å²) in [5.74, 6) is 2.20. The van der Waals surface area contributed by atoms with E-state index in [9.17, 15) is 4.21 Å². The van der Waals surface area contributed by atoms with Gasteiger partial charge in [-0.15, -0.1) is 24.0 Å². The maximum Gasteiger partial charge on any atom is 0.191 e. The summed E-state index contributed by atoms with van der Waals surface area (Å²) in [4.78, 5) is 4.50. The first kappa shape index (κ1) is 24.4. The maximum atomic E-state index is 12.0. The fourth-order valence-electron chi connectivity index (χ4n) is 1.84. The molecule has 0 spiro atoms. The van der Waals surface area contributed by atoms with Crippen LogP contribution in [0, 0.1) is 0 Å². The average Bonchev–Trinajstić information content (AvgIpc) is 3.02. The van der Waals surface area contributed by atoms with Crippen LogP contribution in [0.3, 0.4) is 0 Å². The zero-order valence-electron chi connectivity index (χ0n) is 15.7. The average molecular weight is 485 g/mol. The van der Waals surface area contributed by atoms with Crippen molar-refractivity contribution < 1.29 is 13.4 Å². The van der Waals surface area contributed by atoms with Crippen molar-refractivity contribution in [1.29, 1.82) is 0 Å². The summed E-state index contributed by atoms with van der Waals surface area (Å²) in [5, 5.41) is 6.42. The van der Waals surface area contributed by atoms with Crippen LogP contribution in [0.1, 0.15) is 39.9 Å². The van der Waals surface area contributed by atoms with Gasteiger partial charge in [0.2, 0.25) is 0 Å². The molecule has 0 saturated heterocycles. The Hall–Kier alpha value is -0.610. The molecular formula is C17H32IN3O3S. The number of nitrogens with zero attached hydrogens (tertiary/aromatic N) is 1. The van der Waals surface area contributed by atoms with Gasteiger partial charge in [0.15, 0.2) is 5.96 Å². The van der Waals surface area contributed by atoms with Crippen LogP contribution in [0.4, 0.5) is 0 Å². The van der Waals surface area contributed by atoms with Crippen molar-refractivity contribution in [3.8, 4) is 0 Å². The number of hydrogen-bond acceptors (Lipinski definition) is 4. The Kier molecular flexibility index (Phi) is 13.2. The van der Waals surface area contributed by atoms with Crippen molar-refractivity contribution in [3.63, 3.8) is 0 Å². The van der Waals surface area contributed by atoms with Crippen LogP contribution in [0.15, 0.2) is 27.8 Å². The first-order valence-corrected chi connectivity index (χ1v) is 9.76. The van der Waals surface area contributed by atoms with Crippen LogP contribution in [0.2, 0.25) is 0 Å². The lowest BCUT2D eigenvalue weighted by atomic mass is 10.3. The van der Waals surface area contributed by atoms with Gasteiger partial charge < -0.3 is 19.8 Å². The molecular weight excluding hydrogens is 453 g/mol. The third-order valence-corrected chi connectivity index (χ3v) is 5.09. The molecule has 0 aliphatic carbocycles. The minimum atomic E-state index is -0.857. The molecule has 0 bridgehead atoms. The van der Waals surface area contributed by atoms with Crippen LogP contribution >= 0.6 is 24.0 Å². The fraction of sp³-hybridized carbons (Fsp3) is 0.706. The maximum absolute atomic E-state index is 12.0. The molecule has 146 valence electrons. The third-order valence-electron chi connectivity index (χ3n) is 3.15. The second-order valence-electron chi connectivity index (χ2n) is 6.33. The van der Waals surface area contributed by atoms with Crippen LogP contribution in [0.5, 0.6) is 0 Å². The minimum absolute atomic E-state index is 0. The SMILES string of the molecule is CCNC(=NCCCOCc1ccco1)NCCS(=O)C(C)(C)C.I. The smallest absolute Gasteiger partial charge is 0.191 e. The summed E-state index contributed by atoms with van der Waals surface area (Å²) < 4.78 is 22.6. The highest BCUT2D eigenvalue weighted by molar-refractivity contribution is 14.0. The van der Waals surface area contributed by atoms with Crippen molar-refractivity contribution in [2.24, 2.45) is 4.99 Å². The number of ether oxygens (including phenoxy) is 1. The number of halogens is 1. The Balaban J connectivity index is 0.00000576. The van der Waals surface area contributed by atoms with E-state index in [1.807, 2.05) is 39.8 Å². The molecule has 0 aliphatic rings. The largest absolute Gasteiger partial charge is 0.467 e. The van der Waals surface area contributed by atoms with E-state index in [4.69, 9.17) is 9.15 Å². The van der Waals surface area contributed by atoms with Crippen LogP contribution < -0.4 is 10.6 Å². The fourth-order valence-corrected chi connectivity index (χ4v) is 2.73. The van der Waals surface area contributed by atoms with Gasteiger partial charge in [0.05, 0.1) is 6.26 Å². The van der Waals surface area contributed by atoms with E-state index in [1.54, 1.807) is 6.26 Å². The minimum Gasteiger partial charge on any atom is -0.467 e. The molecule has 0 saturated carbocycles. The van der Waals surface area contributed by atoms with E-state index in [2.05, 4.69) is 15.6 Å². The second-order valence-corrected chi connectivity index (χ2v) is 8.66. The molecule has 0 radical (unpaired) electrons. The number of hydrogen-bond donors (Lipinski definition) is 2. The molecule has 1 aromatic heterocycles. The summed E-state index contributed by atoms with van der Waals surface area (Å²) in [6.45, 7) is 11.2. The zero-order chi connectivity index (χ0) is 17.8. The molecule has 0 aliphatic heterocycles. The Bertz CT molecular complexity index is 502. The summed E-state index contributed by atoms with van der Waals surface area (Å²) in [6.07, 6.45) is 2.48. The van der Waals surface area contributed by atoms with Crippen LogP contribution in [0.25, 0.3) is 0 Å². The van der Waals surface area contributed by atoms with E-state index in [-0.39, 0.29) is 28.7 Å². The van der Waals surface area contributed by atoms with E-state index in [1.165, 1.54) is 0 Å². The zero-order valence-corrected chi connectivity index (χ0v) is 18.8. The molecule has 1 heterocycles. The van der Waals surface area contributed by atoms with Gasteiger partial charge in [-0.1, -0.05) is 0 Å². The molecule has 8 heteroatoms. The number of furan rings is 1. The Morgan fingerprint density at radius 2 is 2.12 bits per heavy atom. The van der Waals surface area contributed by atoms with Gasteiger partial charge in [-0.3, -0.25) is 9.20 Å². The number of aliphatic imine (C=N–C) groups is 1. The highest BCUT2D eigenvalue weighted by Gasteiger charge is 2.18. The highest BCUT2D eigenvalue weighted by atomic mass is 127. The second kappa shape index (κ2) is 13.6. The summed E-state index contributed by atoms with van der Waals surface area (Å²) in [6, 6.07) is 3.75. The Labute approximate surface area is 171 Å². The molecule has 1 unspecified atom stereocenters. The van der Waals surface area contributed by atoms with Gasteiger partial charge in [-0.05, 0) is 46.2 Å². The predicted octanol–water partition coefficient (Wildman–Crippen LogP) is 2.91. The van der Waals surface area contributed by atoms with Gasteiger partial charge in [0, 0.05) is 47.5 Å². The first-order chi connectivity index (χ1) is 11.4. The predicted molar refractivity (Wildman–Crippen MR) is 115 cm³/mol. The van der Waals surface area contributed by atoms with Gasteiger partial charge in [0.1, 0.15) is 12.4 Å². The van der Waals surface area contributed by atoms with Crippen molar-refractivity contribution in [2.75, 3.05) is 32.0 Å². The molecule has 6 nitrogen and oxygen atoms in total. The Morgan fingerprint density at radius 3 is 2.72 bits per heavy atom. The van der Waals surface area contributed by atoms with Crippen molar-refractivity contribution in [2.45, 2.75) is 45.5 Å². The van der Waals surface area contributed by atoms with Gasteiger partial charge >= 0.3 is 0 Å². The number of rotatable bonds is 10. The highest BCUT2D eigenvalue weighted by Crippen LogP contribution is 2.10. The first-order valence-electron chi connectivity index (χ1n) is 8.44. The van der Waals surface area contributed by atoms with E-state index < -0.39 is 10.8 Å². The molecule has 1 rings (SSSR count). The summed E-state index contributed by atoms with van der Waals surface area (Å²) in [7, 11) is -0.857. The Morgan fingerprint density at radius 1 is 1.36 bits per heavy atom. The van der Waals surface area contributed by atoms with E-state index in [0.717, 1.165) is 24.7 Å². The topological polar surface area (TPSA) is 75.9 Å². The van der Waals surface area contributed by atoms with Gasteiger partial charge in [0.25, 0.3) is 0 Å². The summed E-state index contributed by atoms with van der Waals surface area (Å²) in [5.41, 5.74) is 0. The van der Waals surface area contributed by atoms with E-state index in [0.29, 0.717) is 32.1 Å². The van der Waals surface area contributed by atoms with Gasteiger partial charge in [-0.2, -0.15) is 0 Å². The lowest BCUT2D eigenvalue weighted by molar-refractivity contribution is 0.105. The van der Waals surface area contributed by atoms with Crippen LogP contribution in [-0.4, -0.2) is 46.9 Å². The quantitative estimate of drug-likeness (QED) is 0.231. The molecule has 25 heavy (non-hydrogen) atoms. The number of nitrogens with one attached hydrogen (secondary N) is 2. The van der Waals surface area contributed by atoms with Crippen molar-refractivity contribution in [3.05, 3.63) is 24.2 Å². The lowest BCUT2D eigenvalue weighted by Crippen LogP contribution is -2.40. The molecule has 0 fully saturated rings. The van der Waals surface area contributed by atoms with Crippen LogP contribution in [-0.2, 0) is 22.1 Å².